The molecule has 0 aliphatic rings. The monoisotopic (exact) mass is 169 g/mol. The fraction of sp³-hybridized carbons (Fsp3) is 0.111. The van der Waals surface area contributed by atoms with Gasteiger partial charge in [0.15, 0.2) is 0 Å². The van der Waals surface area contributed by atoms with Crippen LogP contribution < -0.4 is 5.73 Å². The maximum atomic E-state index is 12.6. The van der Waals surface area contributed by atoms with Gasteiger partial charge in [0, 0.05) is 17.3 Å². The first kappa shape index (κ1) is 8.71. The van der Waals surface area contributed by atoms with Crippen LogP contribution in [0.25, 0.3) is 5.70 Å². The number of hydrogen-bond donors (Lipinski definition) is 1. The summed E-state index contributed by atoms with van der Waals surface area (Å²) >= 11 is 0. The van der Waals surface area contributed by atoms with Crippen LogP contribution in [0.5, 0.6) is 0 Å². The van der Waals surface area contributed by atoms with Crippen molar-refractivity contribution in [3.8, 4) is 0 Å². The summed E-state index contributed by atoms with van der Waals surface area (Å²) in [6.45, 7) is 1.71. The van der Waals surface area contributed by atoms with E-state index in [-0.39, 0.29) is 0 Å². The van der Waals surface area contributed by atoms with Crippen LogP contribution in [0, 0.1) is 11.6 Å². The van der Waals surface area contributed by atoms with E-state index in [1.165, 1.54) is 12.1 Å². The molecule has 0 saturated carbocycles. The summed E-state index contributed by atoms with van der Waals surface area (Å²) < 4.78 is 25.2. The van der Waals surface area contributed by atoms with Gasteiger partial charge in [0.1, 0.15) is 11.6 Å². The van der Waals surface area contributed by atoms with E-state index in [0.29, 0.717) is 11.3 Å². The van der Waals surface area contributed by atoms with E-state index in [2.05, 4.69) is 0 Å². The standard InChI is InChI=1S/C9H9F2N/c1-2-9(12)6-3-7(10)5-8(11)4-6/h2-5H,12H2,1H3/b9-2+. The van der Waals surface area contributed by atoms with Crippen molar-refractivity contribution in [2.24, 2.45) is 5.73 Å². The number of halogens is 2. The fourth-order valence-electron chi connectivity index (χ4n) is 0.887. The molecule has 64 valence electrons. The number of allylic oxidation sites excluding steroid dienone is 1. The molecule has 3 heteroatoms. The van der Waals surface area contributed by atoms with E-state index >= 15 is 0 Å². The normalized spacial score (nSPS) is 11.8. The molecule has 2 N–H and O–H groups in total. The minimum Gasteiger partial charge on any atom is -0.399 e. The van der Waals surface area contributed by atoms with Crippen LogP contribution in [0.15, 0.2) is 24.3 Å². The molecule has 0 atom stereocenters. The van der Waals surface area contributed by atoms with E-state index in [0.717, 1.165) is 6.07 Å². The molecule has 0 unspecified atom stereocenters. The number of rotatable bonds is 1. The van der Waals surface area contributed by atoms with Crippen molar-refractivity contribution < 1.29 is 8.78 Å². The highest BCUT2D eigenvalue weighted by molar-refractivity contribution is 5.62. The van der Waals surface area contributed by atoms with Crippen molar-refractivity contribution in [2.45, 2.75) is 6.92 Å². The average molecular weight is 169 g/mol. The zero-order chi connectivity index (χ0) is 9.14. The zero-order valence-corrected chi connectivity index (χ0v) is 6.64. The topological polar surface area (TPSA) is 26.0 Å². The molecule has 0 bridgehead atoms. The third-order valence-corrected chi connectivity index (χ3v) is 1.51. The van der Waals surface area contributed by atoms with E-state index in [1.54, 1.807) is 13.0 Å². The van der Waals surface area contributed by atoms with Gasteiger partial charge in [-0.25, -0.2) is 8.78 Å². The molecule has 12 heavy (non-hydrogen) atoms. The van der Waals surface area contributed by atoms with Crippen molar-refractivity contribution in [1.82, 2.24) is 0 Å². The SMILES string of the molecule is C/C=C(/N)c1cc(F)cc(F)c1. The van der Waals surface area contributed by atoms with Gasteiger partial charge in [-0.3, -0.25) is 0 Å². The Morgan fingerprint density at radius 2 is 1.75 bits per heavy atom. The molecule has 0 aliphatic carbocycles. The Balaban J connectivity index is 3.17. The second-order valence-electron chi connectivity index (χ2n) is 2.40. The molecular weight excluding hydrogens is 160 g/mol. The first-order valence-electron chi connectivity index (χ1n) is 3.51. The van der Waals surface area contributed by atoms with Gasteiger partial charge < -0.3 is 5.73 Å². The van der Waals surface area contributed by atoms with Crippen LogP contribution in [0.4, 0.5) is 8.78 Å². The summed E-state index contributed by atoms with van der Waals surface area (Å²) in [5, 5.41) is 0. The van der Waals surface area contributed by atoms with Crippen LogP contribution >= 0.6 is 0 Å². The molecule has 1 nitrogen and oxygen atoms in total. The molecule has 1 rings (SSSR count). The van der Waals surface area contributed by atoms with Gasteiger partial charge in [0.05, 0.1) is 0 Å². The maximum absolute atomic E-state index is 12.6. The summed E-state index contributed by atoms with van der Waals surface area (Å²) in [6.07, 6.45) is 1.59. The quantitative estimate of drug-likeness (QED) is 0.685. The van der Waals surface area contributed by atoms with Crippen LogP contribution in [0.3, 0.4) is 0 Å². The van der Waals surface area contributed by atoms with Crippen molar-refractivity contribution in [3.63, 3.8) is 0 Å². The van der Waals surface area contributed by atoms with Crippen molar-refractivity contribution in [1.29, 1.82) is 0 Å². The smallest absolute Gasteiger partial charge is 0.126 e. The van der Waals surface area contributed by atoms with E-state index in [4.69, 9.17) is 5.73 Å². The Bertz CT molecular complexity index is 298. The summed E-state index contributed by atoms with van der Waals surface area (Å²) in [5.41, 5.74) is 6.20. The van der Waals surface area contributed by atoms with Gasteiger partial charge >= 0.3 is 0 Å². The van der Waals surface area contributed by atoms with Gasteiger partial charge in [0.2, 0.25) is 0 Å². The Kier molecular flexibility index (Phi) is 2.43. The Labute approximate surface area is 69.5 Å². The fourth-order valence-corrected chi connectivity index (χ4v) is 0.887. The Morgan fingerprint density at radius 3 is 2.17 bits per heavy atom. The van der Waals surface area contributed by atoms with Gasteiger partial charge in [-0.15, -0.1) is 0 Å². The van der Waals surface area contributed by atoms with E-state index in [9.17, 15) is 8.78 Å². The third-order valence-electron chi connectivity index (χ3n) is 1.51. The largest absolute Gasteiger partial charge is 0.399 e. The first-order chi connectivity index (χ1) is 5.63. The Hall–Kier alpha value is -1.38. The van der Waals surface area contributed by atoms with Crippen molar-refractivity contribution in [2.75, 3.05) is 0 Å². The van der Waals surface area contributed by atoms with Crippen molar-refractivity contribution in [3.05, 3.63) is 41.5 Å². The average Bonchev–Trinajstić information content (AvgIpc) is 2.01. The minimum absolute atomic E-state index is 0.369. The summed E-state index contributed by atoms with van der Waals surface area (Å²) in [4.78, 5) is 0. The lowest BCUT2D eigenvalue weighted by molar-refractivity contribution is 0.582. The molecule has 0 spiro atoms. The Morgan fingerprint density at radius 1 is 1.25 bits per heavy atom. The third kappa shape index (κ3) is 1.81. The summed E-state index contributed by atoms with van der Waals surface area (Å²) in [6, 6.07) is 3.20. The van der Waals surface area contributed by atoms with Crippen molar-refractivity contribution >= 4 is 5.70 Å². The minimum atomic E-state index is -0.616. The molecule has 0 fully saturated rings. The van der Waals surface area contributed by atoms with Crippen LogP contribution in [-0.2, 0) is 0 Å². The van der Waals surface area contributed by atoms with Gasteiger partial charge in [0.25, 0.3) is 0 Å². The number of nitrogens with two attached hydrogens (primary N) is 1. The molecule has 0 aliphatic heterocycles. The van der Waals surface area contributed by atoms with Gasteiger partial charge in [-0.1, -0.05) is 6.08 Å². The molecule has 0 amide bonds. The molecule has 0 aromatic heterocycles. The van der Waals surface area contributed by atoms with E-state index < -0.39 is 11.6 Å². The molecule has 0 saturated heterocycles. The maximum Gasteiger partial charge on any atom is 0.126 e. The summed E-state index contributed by atoms with van der Waals surface area (Å²) in [5.74, 6) is -1.23. The lowest BCUT2D eigenvalue weighted by Crippen LogP contribution is -1.96. The van der Waals surface area contributed by atoms with E-state index in [1.807, 2.05) is 0 Å². The second kappa shape index (κ2) is 3.34. The molecule has 1 aromatic carbocycles. The molecule has 0 heterocycles. The molecular formula is C9H9F2N. The lowest BCUT2D eigenvalue weighted by atomic mass is 10.1. The number of benzene rings is 1. The van der Waals surface area contributed by atoms with Crippen LogP contribution in [0.2, 0.25) is 0 Å². The van der Waals surface area contributed by atoms with Gasteiger partial charge in [-0.05, 0) is 19.1 Å². The second-order valence-corrected chi connectivity index (χ2v) is 2.40. The van der Waals surface area contributed by atoms with Gasteiger partial charge in [-0.2, -0.15) is 0 Å². The van der Waals surface area contributed by atoms with Crippen LogP contribution in [0.1, 0.15) is 12.5 Å². The highest BCUT2D eigenvalue weighted by Crippen LogP contribution is 2.12. The molecule has 1 aromatic rings. The molecule has 0 radical (unpaired) electrons. The predicted octanol–water partition coefficient (Wildman–Crippen LogP) is 2.28. The number of hydrogen-bond acceptors (Lipinski definition) is 1. The summed E-state index contributed by atoms with van der Waals surface area (Å²) in [7, 11) is 0. The van der Waals surface area contributed by atoms with Crippen LogP contribution in [-0.4, -0.2) is 0 Å². The highest BCUT2D eigenvalue weighted by Gasteiger charge is 2.01. The highest BCUT2D eigenvalue weighted by atomic mass is 19.1. The first-order valence-corrected chi connectivity index (χ1v) is 3.51. The lowest BCUT2D eigenvalue weighted by Gasteiger charge is -2.00. The predicted molar refractivity (Wildman–Crippen MR) is 44.2 cm³/mol. The zero-order valence-electron chi connectivity index (χ0n) is 6.64.